The van der Waals surface area contributed by atoms with Crippen molar-refractivity contribution in [3.63, 3.8) is 0 Å². The van der Waals surface area contributed by atoms with Crippen molar-refractivity contribution in [2.75, 3.05) is 23.9 Å². The van der Waals surface area contributed by atoms with Crippen molar-refractivity contribution in [2.45, 2.75) is 20.0 Å². The topological polar surface area (TPSA) is 29.5 Å². The number of hydrogen-bond acceptors (Lipinski definition) is 3. The van der Waals surface area contributed by atoms with Gasteiger partial charge in [0.15, 0.2) is 0 Å². The lowest BCUT2D eigenvalue weighted by atomic mass is 10.2. The summed E-state index contributed by atoms with van der Waals surface area (Å²) in [6.45, 7) is 4.92. The van der Waals surface area contributed by atoms with Crippen LogP contribution in [0.3, 0.4) is 0 Å². The number of hydrogen-bond donors (Lipinski definition) is 0. The van der Waals surface area contributed by atoms with Crippen LogP contribution in [0.15, 0.2) is 30.3 Å². The fourth-order valence-corrected chi connectivity index (χ4v) is 1.81. The number of alkyl halides is 1. The number of likely N-dealkylation sites (N-methyl/N-ethyl adjacent to an activating group) is 1. The summed E-state index contributed by atoms with van der Waals surface area (Å²) in [4.78, 5) is 13.1. The number of halogens is 1. The number of benzene rings is 1. The summed E-state index contributed by atoms with van der Waals surface area (Å²) in [7, 11) is 0. The van der Waals surface area contributed by atoms with E-state index in [1.807, 2.05) is 30.3 Å². The number of carbonyl (C=O) groups is 1. The Kier molecular flexibility index (Phi) is 5.84. The van der Waals surface area contributed by atoms with Crippen LogP contribution in [0.4, 0.5) is 5.69 Å². The Morgan fingerprint density at radius 3 is 2.53 bits per heavy atom. The minimum absolute atomic E-state index is 0.269. The predicted molar refractivity (Wildman–Crippen MR) is 70.6 cm³/mol. The van der Waals surface area contributed by atoms with Crippen molar-refractivity contribution in [3.05, 3.63) is 30.3 Å². The molecule has 0 aliphatic carbocycles. The monoisotopic (exact) mass is 255 g/mol. The Morgan fingerprint density at radius 1 is 1.41 bits per heavy atom. The number of ether oxygens (including phenoxy) is 1. The minimum Gasteiger partial charge on any atom is -0.459 e. The second-order valence-corrected chi connectivity index (χ2v) is 4.07. The van der Waals surface area contributed by atoms with E-state index in [-0.39, 0.29) is 12.1 Å². The van der Waals surface area contributed by atoms with Crippen LogP contribution in [0.2, 0.25) is 0 Å². The van der Waals surface area contributed by atoms with Gasteiger partial charge in [0.1, 0.15) is 6.10 Å². The van der Waals surface area contributed by atoms with E-state index in [1.54, 1.807) is 0 Å². The Morgan fingerprint density at radius 2 is 2.06 bits per heavy atom. The zero-order valence-electron chi connectivity index (χ0n) is 10.2. The van der Waals surface area contributed by atoms with Gasteiger partial charge in [0, 0.05) is 19.2 Å². The highest BCUT2D eigenvalue weighted by atomic mass is 35.5. The van der Waals surface area contributed by atoms with Crippen molar-refractivity contribution >= 4 is 23.3 Å². The van der Waals surface area contributed by atoms with Gasteiger partial charge >= 0.3 is 5.97 Å². The molecular formula is C13H18ClNO2. The summed E-state index contributed by atoms with van der Waals surface area (Å²) >= 11 is 5.80. The highest BCUT2D eigenvalue weighted by Gasteiger charge is 2.15. The van der Waals surface area contributed by atoms with E-state index in [0.29, 0.717) is 12.4 Å². The van der Waals surface area contributed by atoms with Gasteiger partial charge in [-0.2, -0.15) is 0 Å². The molecule has 3 nitrogen and oxygen atoms in total. The number of rotatable bonds is 6. The van der Waals surface area contributed by atoms with E-state index in [4.69, 9.17) is 16.3 Å². The summed E-state index contributed by atoms with van der Waals surface area (Å²) in [6.07, 6.45) is -0.269. The van der Waals surface area contributed by atoms with Crippen molar-refractivity contribution in [3.8, 4) is 0 Å². The molecule has 0 radical (unpaired) electrons. The molecule has 0 N–H and O–H groups in total. The van der Waals surface area contributed by atoms with E-state index < -0.39 is 0 Å². The van der Waals surface area contributed by atoms with E-state index in [1.165, 1.54) is 6.92 Å². The van der Waals surface area contributed by atoms with Crippen LogP contribution in [0, 0.1) is 0 Å². The van der Waals surface area contributed by atoms with Crippen LogP contribution in [0.25, 0.3) is 0 Å². The molecule has 0 bridgehead atoms. The Balaban J connectivity index is 2.65. The average Bonchev–Trinajstić information content (AvgIpc) is 2.35. The summed E-state index contributed by atoms with van der Waals surface area (Å²) in [5.74, 6) is 0.0166. The molecule has 0 spiro atoms. The van der Waals surface area contributed by atoms with Gasteiger partial charge in [-0.1, -0.05) is 18.2 Å². The molecule has 17 heavy (non-hydrogen) atoms. The molecule has 0 amide bonds. The lowest BCUT2D eigenvalue weighted by molar-refractivity contribution is -0.144. The zero-order valence-corrected chi connectivity index (χ0v) is 11.0. The summed E-state index contributed by atoms with van der Waals surface area (Å²) in [5, 5.41) is 0. The van der Waals surface area contributed by atoms with E-state index in [0.717, 1.165) is 12.2 Å². The van der Waals surface area contributed by atoms with Gasteiger partial charge in [0.2, 0.25) is 0 Å². The maximum atomic E-state index is 10.9. The van der Waals surface area contributed by atoms with Gasteiger partial charge in [-0.25, -0.2) is 0 Å². The van der Waals surface area contributed by atoms with Gasteiger partial charge in [-0.15, -0.1) is 11.6 Å². The standard InChI is InChI=1S/C13H18ClNO2/c1-3-15(12-7-5-4-6-8-12)10-13(9-14)17-11(2)16/h4-8,13H,3,9-10H2,1-2H3. The Hall–Kier alpha value is -1.22. The molecule has 4 heteroatoms. The van der Waals surface area contributed by atoms with Gasteiger partial charge < -0.3 is 9.64 Å². The lowest BCUT2D eigenvalue weighted by Gasteiger charge is -2.27. The molecule has 1 aromatic rings. The molecular weight excluding hydrogens is 238 g/mol. The number of para-hydroxylation sites is 1. The molecule has 1 atom stereocenters. The first kappa shape index (κ1) is 13.8. The highest BCUT2D eigenvalue weighted by Crippen LogP contribution is 2.14. The van der Waals surface area contributed by atoms with Gasteiger partial charge in [-0.3, -0.25) is 4.79 Å². The fraction of sp³-hybridized carbons (Fsp3) is 0.462. The average molecular weight is 256 g/mol. The molecule has 0 aliphatic heterocycles. The minimum atomic E-state index is -0.292. The van der Waals surface area contributed by atoms with Crippen molar-refractivity contribution < 1.29 is 9.53 Å². The van der Waals surface area contributed by atoms with E-state index in [2.05, 4.69) is 11.8 Å². The first-order valence-corrected chi connectivity index (χ1v) is 6.24. The molecule has 1 aromatic carbocycles. The molecule has 1 unspecified atom stereocenters. The van der Waals surface area contributed by atoms with E-state index in [9.17, 15) is 4.79 Å². The van der Waals surface area contributed by atoms with Crippen LogP contribution in [-0.4, -0.2) is 31.0 Å². The molecule has 0 aliphatic rings. The third-order valence-electron chi connectivity index (χ3n) is 2.43. The SMILES string of the molecule is CCN(CC(CCl)OC(C)=O)c1ccccc1. The van der Waals surface area contributed by atoms with Gasteiger partial charge in [0.25, 0.3) is 0 Å². The lowest BCUT2D eigenvalue weighted by Crippen LogP contribution is -2.35. The summed E-state index contributed by atoms with van der Waals surface area (Å²) in [6, 6.07) is 10.0. The van der Waals surface area contributed by atoms with Crippen LogP contribution in [-0.2, 0) is 9.53 Å². The fourth-order valence-electron chi connectivity index (χ4n) is 1.65. The third-order valence-corrected chi connectivity index (χ3v) is 2.78. The van der Waals surface area contributed by atoms with Crippen LogP contribution in [0.1, 0.15) is 13.8 Å². The van der Waals surface area contributed by atoms with Crippen LogP contribution in [0.5, 0.6) is 0 Å². The third kappa shape index (κ3) is 4.65. The second-order valence-electron chi connectivity index (χ2n) is 3.76. The van der Waals surface area contributed by atoms with Crippen LogP contribution < -0.4 is 4.90 Å². The quantitative estimate of drug-likeness (QED) is 0.578. The second kappa shape index (κ2) is 7.17. The first-order chi connectivity index (χ1) is 8.17. The molecule has 0 saturated heterocycles. The molecule has 0 fully saturated rings. The number of carbonyl (C=O) groups excluding carboxylic acids is 1. The van der Waals surface area contributed by atoms with Crippen molar-refractivity contribution in [1.29, 1.82) is 0 Å². The van der Waals surface area contributed by atoms with Gasteiger partial charge in [-0.05, 0) is 19.1 Å². The Bertz CT molecular complexity index is 343. The smallest absolute Gasteiger partial charge is 0.303 e. The summed E-state index contributed by atoms with van der Waals surface area (Å²) < 4.78 is 5.14. The predicted octanol–water partition coefficient (Wildman–Crippen LogP) is 2.68. The molecule has 1 rings (SSSR count). The first-order valence-electron chi connectivity index (χ1n) is 5.70. The number of anilines is 1. The molecule has 0 heterocycles. The number of nitrogens with zero attached hydrogens (tertiary/aromatic N) is 1. The maximum absolute atomic E-state index is 10.9. The molecule has 94 valence electrons. The number of esters is 1. The van der Waals surface area contributed by atoms with Crippen molar-refractivity contribution in [2.24, 2.45) is 0 Å². The van der Waals surface area contributed by atoms with E-state index >= 15 is 0 Å². The largest absolute Gasteiger partial charge is 0.459 e. The molecule has 0 saturated carbocycles. The van der Waals surface area contributed by atoms with Gasteiger partial charge in [0.05, 0.1) is 12.4 Å². The Labute approximate surface area is 107 Å². The normalized spacial score (nSPS) is 11.9. The zero-order chi connectivity index (χ0) is 12.7. The van der Waals surface area contributed by atoms with Crippen molar-refractivity contribution in [1.82, 2.24) is 0 Å². The van der Waals surface area contributed by atoms with Crippen LogP contribution >= 0.6 is 11.6 Å². The highest BCUT2D eigenvalue weighted by molar-refractivity contribution is 6.18. The maximum Gasteiger partial charge on any atom is 0.303 e. The molecule has 0 aromatic heterocycles. The summed E-state index contributed by atoms with van der Waals surface area (Å²) in [5.41, 5.74) is 1.11.